The number of anilines is 1. The lowest BCUT2D eigenvalue weighted by Crippen LogP contribution is -2.33. The van der Waals surface area contributed by atoms with Crippen molar-refractivity contribution in [2.45, 2.75) is 6.42 Å². The van der Waals surface area contributed by atoms with Crippen molar-refractivity contribution >= 4 is 23.2 Å². The minimum absolute atomic E-state index is 0.120. The Morgan fingerprint density at radius 2 is 1.52 bits per heavy atom. The third-order valence-electron chi connectivity index (χ3n) is 5.29. The predicted octanol–water partition coefficient (Wildman–Crippen LogP) is 4.59. The van der Waals surface area contributed by atoms with E-state index in [-0.39, 0.29) is 11.9 Å². The quantitative estimate of drug-likeness (QED) is 0.623. The second kappa shape index (κ2) is 9.76. The van der Waals surface area contributed by atoms with E-state index in [1.165, 1.54) is 5.56 Å². The maximum Gasteiger partial charge on any atom is 0.322 e. The van der Waals surface area contributed by atoms with E-state index in [4.69, 9.17) is 0 Å². The van der Waals surface area contributed by atoms with E-state index in [1.807, 2.05) is 48.5 Å². The van der Waals surface area contributed by atoms with Crippen LogP contribution in [0.25, 0.3) is 5.57 Å². The summed E-state index contributed by atoms with van der Waals surface area (Å²) in [5, 5.41) is 5.84. The summed E-state index contributed by atoms with van der Waals surface area (Å²) in [4.78, 5) is 26.7. The van der Waals surface area contributed by atoms with E-state index in [2.05, 4.69) is 28.8 Å². The van der Waals surface area contributed by atoms with Crippen LogP contribution in [-0.2, 0) is 6.42 Å². The van der Waals surface area contributed by atoms with Crippen molar-refractivity contribution in [1.82, 2.24) is 10.2 Å². The lowest BCUT2D eigenvalue weighted by molar-refractivity contribution is 0.0954. The van der Waals surface area contributed by atoms with Crippen molar-refractivity contribution in [1.29, 1.82) is 0 Å². The fourth-order valence-electron chi connectivity index (χ4n) is 3.55. The van der Waals surface area contributed by atoms with E-state index in [1.54, 1.807) is 29.2 Å². The van der Waals surface area contributed by atoms with Gasteiger partial charge in [0.05, 0.1) is 0 Å². The molecule has 2 N–H and O–H groups in total. The van der Waals surface area contributed by atoms with Gasteiger partial charge in [0.2, 0.25) is 0 Å². The van der Waals surface area contributed by atoms with E-state index in [0.717, 1.165) is 17.6 Å². The number of nitrogens with one attached hydrogen (secondary N) is 2. The van der Waals surface area contributed by atoms with Crippen LogP contribution in [0, 0.1) is 0 Å². The molecule has 0 aliphatic carbocycles. The summed E-state index contributed by atoms with van der Waals surface area (Å²) in [5.74, 6) is -0.120. The smallest absolute Gasteiger partial charge is 0.322 e. The van der Waals surface area contributed by atoms with Crippen LogP contribution < -0.4 is 10.6 Å². The first-order valence-corrected chi connectivity index (χ1v) is 10.4. The molecule has 1 aliphatic rings. The number of hydrogen-bond donors (Lipinski definition) is 2. The van der Waals surface area contributed by atoms with Crippen molar-refractivity contribution in [3.05, 3.63) is 108 Å². The Hall–Kier alpha value is -3.86. The highest BCUT2D eigenvalue weighted by Crippen LogP contribution is 2.21. The highest BCUT2D eigenvalue weighted by atomic mass is 16.2. The van der Waals surface area contributed by atoms with Crippen LogP contribution in [0.3, 0.4) is 0 Å². The minimum Gasteiger partial charge on any atom is -0.352 e. The first-order chi connectivity index (χ1) is 15.2. The zero-order valence-corrected chi connectivity index (χ0v) is 17.3. The van der Waals surface area contributed by atoms with E-state index in [9.17, 15) is 9.59 Å². The number of urea groups is 1. The molecule has 4 rings (SSSR count). The van der Waals surface area contributed by atoms with Crippen LogP contribution >= 0.6 is 0 Å². The van der Waals surface area contributed by atoms with E-state index >= 15 is 0 Å². The molecule has 0 saturated heterocycles. The van der Waals surface area contributed by atoms with Gasteiger partial charge in [-0.2, -0.15) is 0 Å². The molecule has 1 aliphatic heterocycles. The topological polar surface area (TPSA) is 61.4 Å². The van der Waals surface area contributed by atoms with Gasteiger partial charge in [-0.15, -0.1) is 0 Å². The molecule has 0 spiro atoms. The van der Waals surface area contributed by atoms with Gasteiger partial charge >= 0.3 is 6.03 Å². The first-order valence-electron chi connectivity index (χ1n) is 10.4. The molecular formula is C26H25N3O2. The number of carbonyl (C=O) groups excluding carboxylic acids is 2. The lowest BCUT2D eigenvalue weighted by Gasteiger charge is -2.17. The monoisotopic (exact) mass is 411 g/mol. The zero-order chi connectivity index (χ0) is 21.5. The molecule has 5 heteroatoms. The van der Waals surface area contributed by atoms with Gasteiger partial charge < -0.3 is 15.5 Å². The SMILES string of the molecule is O=C(NCCc1ccccc1)c1ccc(NC(=O)N2CC=C(c3ccccc3)C2)cc1. The van der Waals surface area contributed by atoms with Gasteiger partial charge in [0.15, 0.2) is 0 Å². The van der Waals surface area contributed by atoms with Gasteiger partial charge in [0.1, 0.15) is 0 Å². The zero-order valence-electron chi connectivity index (χ0n) is 17.3. The molecule has 31 heavy (non-hydrogen) atoms. The lowest BCUT2D eigenvalue weighted by atomic mass is 10.1. The largest absolute Gasteiger partial charge is 0.352 e. The summed E-state index contributed by atoms with van der Waals surface area (Å²) in [6.07, 6.45) is 2.87. The van der Waals surface area contributed by atoms with Gasteiger partial charge in [-0.25, -0.2) is 4.79 Å². The third kappa shape index (κ3) is 5.39. The Morgan fingerprint density at radius 3 is 2.23 bits per heavy atom. The van der Waals surface area contributed by atoms with Crippen LogP contribution in [0.5, 0.6) is 0 Å². The van der Waals surface area contributed by atoms with Crippen LogP contribution in [0.15, 0.2) is 91.0 Å². The highest BCUT2D eigenvalue weighted by Gasteiger charge is 2.20. The summed E-state index contributed by atoms with van der Waals surface area (Å²) < 4.78 is 0. The van der Waals surface area contributed by atoms with Gasteiger partial charge in [0, 0.05) is 30.9 Å². The fourth-order valence-corrected chi connectivity index (χ4v) is 3.55. The molecular weight excluding hydrogens is 386 g/mol. The second-order valence-electron chi connectivity index (χ2n) is 7.47. The third-order valence-corrected chi connectivity index (χ3v) is 5.29. The molecule has 0 atom stereocenters. The minimum atomic E-state index is -0.151. The summed E-state index contributed by atoms with van der Waals surface area (Å²) in [7, 11) is 0. The van der Waals surface area contributed by atoms with Crippen molar-refractivity contribution in [3.8, 4) is 0 Å². The number of amides is 3. The average molecular weight is 412 g/mol. The van der Waals surface area contributed by atoms with Gasteiger partial charge in [-0.3, -0.25) is 4.79 Å². The molecule has 3 aromatic carbocycles. The molecule has 0 saturated carbocycles. The molecule has 0 aromatic heterocycles. The molecule has 3 amide bonds. The van der Waals surface area contributed by atoms with Crippen molar-refractivity contribution in [3.63, 3.8) is 0 Å². The Morgan fingerprint density at radius 1 is 0.839 bits per heavy atom. The van der Waals surface area contributed by atoms with Crippen molar-refractivity contribution < 1.29 is 9.59 Å². The highest BCUT2D eigenvalue weighted by molar-refractivity contribution is 5.96. The van der Waals surface area contributed by atoms with E-state index in [0.29, 0.717) is 30.9 Å². The Labute approximate surface area is 182 Å². The summed E-state index contributed by atoms with van der Waals surface area (Å²) in [5.41, 5.74) is 4.71. The number of benzene rings is 3. The molecule has 0 bridgehead atoms. The predicted molar refractivity (Wildman–Crippen MR) is 124 cm³/mol. The Balaban J connectivity index is 1.25. The maximum atomic E-state index is 12.6. The molecule has 0 unspecified atom stereocenters. The van der Waals surface area contributed by atoms with E-state index < -0.39 is 0 Å². The first kappa shape index (κ1) is 20.4. The average Bonchev–Trinajstić information content (AvgIpc) is 3.31. The summed E-state index contributed by atoms with van der Waals surface area (Å²) in [6.45, 7) is 1.74. The molecule has 3 aromatic rings. The summed E-state index contributed by atoms with van der Waals surface area (Å²) in [6, 6.07) is 26.9. The molecule has 5 nitrogen and oxygen atoms in total. The molecule has 0 fully saturated rings. The van der Waals surface area contributed by atoms with Crippen molar-refractivity contribution in [2.24, 2.45) is 0 Å². The Kier molecular flexibility index (Phi) is 6.43. The molecule has 156 valence electrons. The van der Waals surface area contributed by atoms with Gasteiger partial charge in [0.25, 0.3) is 5.91 Å². The Bertz CT molecular complexity index is 1060. The molecule has 1 heterocycles. The van der Waals surface area contributed by atoms with Crippen molar-refractivity contribution in [2.75, 3.05) is 25.0 Å². The van der Waals surface area contributed by atoms with Gasteiger partial charge in [-0.1, -0.05) is 66.7 Å². The van der Waals surface area contributed by atoms with Crippen LogP contribution in [0.1, 0.15) is 21.5 Å². The number of rotatable bonds is 6. The second-order valence-corrected chi connectivity index (χ2v) is 7.47. The fraction of sp³-hybridized carbons (Fsp3) is 0.154. The molecule has 0 radical (unpaired) electrons. The van der Waals surface area contributed by atoms with Crippen LogP contribution in [0.2, 0.25) is 0 Å². The maximum absolute atomic E-state index is 12.6. The standard InChI is InChI=1S/C26H25N3O2/c30-25(27-17-15-20-7-3-1-4-8-20)22-11-13-24(14-12-22)28-26(31)29-18-16-23(19-29)21-9-5-2-6-10-21/h1-14,16H,15,17-19H2,(H,27,30)(H,28,31). The van der Waals surface area contributed by atoms with Crippen LogP contribution in [-0.4, -0.2) is 36.5 Å². The number of nitrogens with zero attached hydrogens (tertiary/aromatic N) is 1. The number of hydrogen-bond acceptors (Lipinski definition) is 2. The normalized spacial score (nSPS) is 12.9. The van der Waals surface area contributed by atoms with Gasteiger partial charge in [-0.05, 0) is 47.4 Å². The van der Waals surface area contributed by atoms with Crippen LogP contribution in [0.4, 0.5) is 10.5 Å². The summed E-state index contributed by atoms with van der Waals surface area (Å²) >= 11 is 0. The number of carbonyl (C=O) groups is 2.